The van der Waals surface area contributed by atoms with Gasteiger partial charge < -0.3 is 0 Å². The molecule has 0 saturated heterocycles. The molecule has 2 rings (SSSR count). The number of aromatic nitrogens is 2. The standard InChI is InChI=1S/C10H4Br2F2N2O/c11-8-4-15-16(10(17)9(8)12)7-2-5(13)1-6(14)3-7/h1-4H. The molecule has 3 nitrogen and oxygen atoms in total. The minimum atomic E-state index is -0.771. The summed E-state index contributed by atoms with van der Waals surface area (Å²) in [5.74, 6) is -1.54. The fourth-order valence-electron chi connectivity index (χ4n) is 1.26. The Kier molecular flexibility index (Phi) is 3.39. The minimum Gasteiger partial charge on any atom is -0.266 e. The lowest BCUT2D eigenvalue weighted by Gasteiger charge is -2.05. The molecule has 1 aromatic carbocycles. The molecule has 0 saturated carbocycles. The Morgan fingerprint density at radius 1 is 1.12 bits per heavy atom. The number of benzene rings is 1. The summed E-state index contributed by atoms with van der Waals surface area (Å²) in [6.07, 6.45) is 1.36. The highest BCUT2D eigenvalue weighted by Crippen LogP contribution is 2.18. The van der Waals surface area contributed by atoms with Crippen LogP contribution in [0.3, 0.4) is 0 Å². The Labute approximate surface area is 111 Å². The third-order valence-corrected chi connectivity index (χ3v) is 3.87. The van der Waals surface area contributed by atoms with E-state index in [4.69, 9.17) is 0 Å². The van der Waals surface area contributed by atoms with E-state index in [1.807, 2.05) is 0 Å². The molecule has 0 fully saturated rings. The second-order valence-electron chi connectivity index (χ2n) is 3.15. The Morgan fingerprint density at radius 2 is 1.71 bits per heavy atom. The van der Waals surface area contributed by atoms with E-state index in [9.17, 15) is 13.6 Å². The van der Waals surface area contributed by atoms with Gasteiger partial charge in [0.15, 0.2) is 0 Å². The van der Waals surface area contributed by atoms with Crippen LogP contribution in [0, 0.1) is 11.6 Å². The van der Waals surface area contributed by atoms with E-state index in [-0.39, 0.29) is 10.2 Å². The first kappa shape index (κ1) is 12.4. The zero-order valence-corrected chi connectivity index (χ0v) is 11.3. The number of hydrogen-bond donors (Lipinski definition) is 0. The van der Waals surface area contributed by atoms with Crippen LogP contribution in [0.1, 0.15) is 0 Å². The van der Waals surface area contributed by atoms with Gasteiger partial charge in [0.05, 0.1) is 16.4 Å². The van der Waals surface area contributed by atoms with Gasteiger partial charge >= 0.3 is 0 Å². The first-order valence-electron chi connectivity index (χ1n) is 4.39. The maximum Gasteiger partial charge on any atom is 0.286 e. The van der Waals surface area contributed by atoms with Crippen molar-refractivity contribution in [2.75, 3.05) is 0 Å². The van der Waals surface area contributed by atoms with Crippen LogP contribution in [0.4, 0.5) is 8.78 Å². The summed E-state index contributed by atoms with van der Waals surface area (Å²) in [5, 5.41) is 3.79. The van der Waals surface area contributed by atoms with Gasteiger partial charge in [-0.05, 0) is 44.0 Å². The molecule has 0 bridgehead atoms. The third-order valence-electron chi connectivity index (χ3n) is 1.97. The van der Waals surface area contributed by atoms with Crippen molar-refractivity contribution in [2.24, 2.45) is 0 Å². The zero-order valence-electron chi connectivity index (χ0n) is 8.12. The van der Waals surface area contributed by atoms with Crippen molar-refractivity contribution in [2.45, 2.75) is 0 Å². The second-order valence-corrected chi connectivity index (χ2v) is 4.80. The molecule has 1 heterocycles. The largest absolute Gasteiger partial charge is 0.286 e. The number of hydrogen-bond acceptors (Lipinski definition) is 2. The number of nitrogens with zero attached hydrogens (tertiary/aromatic N) is 2. The Balaban J connectivity index is 2.69. The van der Waals surface area contributed by atoms with E-state index in [1.54, 1.807) is 0 Å². The van der Waals surface area contributed by atoms with E-state index in [0.717, 1.165) is 22.9 Å². The Bertz CT molecular complexity index is 622. The third kappa shape index (κ3) is 2.44. The molecule has 0 unspecified atom stereocenters. The highest BCUT2D eigenvalue weighted by atomic mass is 79.9. The number of halogens is 4. The number of rotatable bonds is 1. The molecule has 0 N–H and O–H groups in total. The second kappa shape index (κ2) is 4.66. The van der Waals surface area contributed by atoms with Gasteiger partial charge in [-0.15, -0.1) is 0 Å². The van der Waals surface area contributed by atoms with Crippen LogP contribution >= 0.6 is 31.9 Å². The summed E-state index contributed by atoms with van der Waals surface area (Å²) in [5.41, 5.74) is -0.481. The molecule has 7 heteroatoms. The van der Waals surface area contributed by atoms with Gasteiger partial charge in [-0.3, -0.25) is 4.79 Å². The van der Waals surface area contributed by atoms with Gasteiger partial charge in [-0.2, -0.15) is 9.78 Å². The highest BCUT2D eigenvalue weighted by molar-refractivity contribution is 9.13. The molecule has 88 valence electrons. The quantitative estimate of drug-likeness (QED) is 0.778. The lowest BCUT2D eigenvalue weighted by Crippen LogP contribution is -2.22. The lowest BCUT2D eigenvalue weighted by atomic mass is 10.3. The summed E-state index contributed by atoms with van der Waals surface area (Å²) in [7, 11) is 0. The lowest BCUT2D eigenvalue weighted by molar-refractivity contribution is 0.579. The van der Waals surface area contributed by atoms with Gasteiger partial charge in [0.25, 0.3) is 5.56 Å². The van der Waals surface area contributed by atoms with Gasteiger partial charge in [0.2, 0.25) is 0 Å². The molecular weight excluding hydrogens is 362 g/mol. The Hall–Kier alpha value is -1.08. The van der Waals surface area contributed by atoms with E-state index < -0.39 is 17.2 Å². The molecule has 0 radical (unpaired) electrons. The van der Waals surface area contributed by atoms with Crippen LogP contribution in [-0.4, -0.2) is 9.78 Å². The average molecular weight is 366 g/mol. The predicted molar refractivity (Wildman–Crippen MR) is 65.1 cm³/mol. The molecule has 0 amide bonds. The summed E-state index contributed by atoms with van der Waals surface area (Å²) < 4.78 is 27.6. The van der Waals surface area contributed by atoms with Gasteiger partial charge in [-0.25, -0.2) is 8.78 Å². The van der Waals surface area contributed by atoms with Crippen LogP contribution < -0.4 is 5.56 Å². The first-order valence-corrected chi connectivity index (χ1v) is 5.97. The maximum absolute atomic E-state index is 13.0. The van der Waals surface area contributed by atoms with Crippen LogP contribution in [-0.2, 0) is 0 Å². The average Bonchev–Trinajstić information content (AvgIpc) is 2.24. The molecule has 0 atom stereocenters. The topological polar surface area (TPSA) is 34.9 Å². The molecule has 1 aromatic heterocycles. The summed E-state index contributed by atoms with van der Waals surface area (Å²) >= 11 is 6.17. The van der Waals surface area contributed by atoms with Crippen molar-refractivity contribution in [3.8, 4) is 5.69 Å². The molecular formula is C10H4Br2F2N2O. The summed E-state index contributed by atoms with van der Waals surface area (Å²) in [4.78, 5) is 11.8. The monoisotopic (exact) mass is 364 g/mol. The summed E-state index contributed by atoms with van der Waals surface area (Å²) in [6, 6.07) is 2.78. The van der Waals surface area contributed by atoms with Crippen molar-refractivity contribution in [3.05, 3.63) is 55.3 Å². The van der Waals surface area contributed by atoms with E-state index in [1.165, 1.54) is 6.20 Å². The maximum atomic E-state index is 13.0. The van der Waals surface area contributed by atoms with Crippen molar-refractivity contribution in [1.82, 2.24) is 9.78 Å². The molecule has 0 aliphatic carbocycles. The van der Waals surface area contributed by atoms with Crippen LogP contribution in [0.5, 0.6) is 0 Å². The van der Waals surface area contributed by atoms with Crippen molar-refractivity contribution in [3.63, 3.8) is 0 Å². The molecule has 0 aliphatic heterocycles. The molecule has 0 spiro atoms. The fourth-order valence-corrected chi connectivity index (χ4v) is 1.79. The first-order chi connectivity index (χ1) is 7.99. The minimum absolute atomic E-state index is 0.0284. The smallest absolute Gasteiger partial charge is 0.266 e. The van der Waals surface area contributed by atoms with Crippen molar-refractivity contribution >= 4 is 31.9 Å². The molecule has 0 aliphatic rings. The van der Waals surface area contributed by atoms with Crippen molar-refractivity contribution in [1.29, 1.82) is 0 Å². The van der Waals surface area contributed by atoms with Crippen LogP contribution in [0.25, 0.3) is 5.69 Å². The van der Waals surface area contributed by atoms with Crippen LogP contribution in [0.15, 0.2) is 38.1 Å². The van der Waals surface area contributed by atoms with E-state index >= 15 is 0 Å². The molecule has 2 aromatic rings. The van der Waals surface area contributed by atoms with Gasteiger partial charge in [-0.1, -0.05) is 0 Å². The molecule has 17 heavy (non-hydrogen) atoms. The van der Waals surface area contributed by atoms with Gasteiger partial charge in [0, 0.05) is 6.07 Å². The normalized spacial score (nSPS) is 10.6. The van der Waals surface area contributed by atoms with Crippen molar-refractivity contribution < 1.29 is 8.78 Å². The van der Waals surface area contributed by atoms with Crippen LogP contribution in [0.2, 0.25) is 0 Å². The summed E-state index contributed by atoms with van der Waals surface area (Å²) in [6.45, 7) is 0. The van der Waals surface area contributed by atoms with Gasteiger partial charge in [0.1, 0.15) is 16.1 Å². The zero-order chi connectivity index (χ0) is 12.6. The Morgan fingerprint density at radius 3 is 2.29 bits per heavy atom. The highest BCUT2D eigenvalue weighted by Gasteiger charge is 2.10. The SMILES string of the molecule is O=c1c(Br)c(Br)cnn1-c1cc(F)cc(F)c1. The predicted octanol–water partition coefficient (Wildman–Crippen LogP) is 3.04. The van der Waals surface area contributed by atoms with E-state index in [2.05, 4.69) is 37.0 Å². The van der Waals surface area contributed by atoms with E-state index in [0.29, 0.717) is 4.47 Å². The fraction of sp³-hybridized carbons (Fsp3) is 0.